The van der Waals surface area contributed by atoms with Crippen LogP contribution in [0.25, 0.3) is 0 Å². The Labute approximate surface area is 228 Å². The van der Waals surface area contributed by atoms with Crippen molar-refractivity contribution in [2.24, 2.45) is 11.8 Å². The molecule has 2 aromatic carbocycles. The zero-order chi connectivity index (χ0) is 26.9. The predicted molar refractivity (Wildman–Crippen MR) is 151 cm³/mol. The highest BCUT2D eigenvalue weighted by atomic mass is 16.6. The number of hydrogen-bond donors (Lipinski definition) is 1. The van der Waals surface area contributed by atoms with Crippen LogP contribution in [0.2, 0.25) is 0 Å². The van der Waals surface area contributed by atoms with Crippen LogP contribution in [0.4, 0.5) is 0 Å². The van der Waals surface area contributed by atoms with Gasteiger partial charge in [-0.3, -0.25) is 0 Å². The van der Waals surface area contributed by atoms with Gasteiger partial charge < -0.3 is 19.3 Å². The van der Waals surface area contributed by atoms with Crippen molar-refractivity contribution in [1.29, 1.82) is 0 Å². The molecule has 0 atom stereocenters. The van der Waals surface area contributed by atoms with Gasteiger partial charge in [-0.05, 0) is 124 Å². The third-order valence-electron chi connectivity index (χ3n) is 8.45. The average Bonchev–Trinajstić information content (AvgIpc) is 2.94. The minimum absolute atomic E-state index is 0.0441. The Morgan fingerprint density at radius 3 is 2.08 bits per heavy atom. The second kappa shape index (κ2) is 13.8. The van der Waals surface area contributed by atoms with Crippen LogP contribution in [0.1, 0.15) is 86.8 Å². The first-order chi connectivity index (χ1) is 18.4. The number of esters is 1. The molecule has 2 fully saturated rings. The van der Waals surface area contributed by atoms with Crippen LogP contribution in [-0.2, 0) is 9.53 Å². The average molecular weight is 521 g/mol. The smallest absolute Gasteiger partial charge is 0.333 e. The number of carbonyl (C=O) groups excluding carboxylic acids is 1. The van der Waals surface area contributed by atoms with Crippen molar-refractivity contribution in [3.05, 3.63) is 71.3 Å². The largest absolute Gasteiger partial charge is 0.491 e. The molecule has 2 aliphatic carbocycles. The summed E-state index contributed by atoms with van der Waals surface area (Å²) < 4.78 is 16.8. The number of aliphatic hydroxyl groups excluding tert-OH is 1. The number of aliphatic hydroxyl groups is 1. The van der Waals surface area contributed by atoms with Gasteiger partial charge in [-0.25, -0.2) is 4.79 Å². The second-order valence-corrected chi connectivity index (χ2v) is 11.2. The first-order valence-corrected chi connectivity index (χ1v) is 14.3. The molecule has 2 saturated carbocycles. The van der Waals surface area contributed by atoms with Crippen LogP contribution < -0.4 is 9.47 Å². The van der Waals surface area contributed by atoms with Gasteiger partial charge in [-0.2, -0.15) is 0 Å². The lowest BCUT2D eigenvalue weighted by molar-refractivity contribution is -0.139. The summed E-state index contributed by atoms with van der Waals surface area (Å²) in [5.74, 6) is 4.26. The van der Waals surface area contributed by atoms with E-state index in [1.165, 1.54) is 68.1 Å². The molecule has 0 amide bonds. The lowest BCUT2D eigenvalue weighted by atomic mass is 9.67. The maximum Gasteiger partial charge on any atom is 0.333 e. The molecule has 206 valence electrons. The van der Waals surface area contributed by atoms with E-state index in [0.717, 1.165) is 23.3 Å². The molecule has 0 radical (unpaired) electrons. The molecule has 0 saturated heterocycles. The summed E-state index contributed by atoms with van der Waals surface area (Å²) >= 11 is 0. The van der Waals surface area contributed by atoms with Crippen LogP contribution >= 0.6 is 0 Å². The molecule has 5 heteroatoms. The highest BCUT2D eigenvalue weighted by molar-refractivity contribution is 5.86. The van der Waals surface area contributed by atoms with Gasteiger partial charge in [0, 0.05) is 5.57 Å². The molecule has 0 heterocycles. The summed E-state index contributed by atoms with van der Waals surface area (Å²) in [6.45, 7) is 8.34. The molecule has 1 N–H and O–H groups in total. The highest BCUT2D eigenvalue weighted by Crippen LogP contribution is 2.47. The number of aryl methyl sites for hydroxylation is 1. The van der Waals surface area contributed by atoms with Gasteiger partial charge in [0.05, 0.1) is 6.61 Å². The summed E-state index contributed by atoms with van der Waals surface area (Å²) in [4.78, 5) is 11.6. The quantitative estimate of drug-likeness (QED) is 0.194. The summed E-state index contributed by atoms with van der Waals surface area (Å²) in [5.41, 5.74) is 4.31. The fourth-order valence-corrected chi connectivity index (χ4v) is 6.34. The predicted octanol–water partition coefficient (Wildman–Crippen LogP) is 7.11. The summed E-state index contributed by atoms with van der Waals surface area (Å²) in [7, 11) is 0. The van der Waals surface area contributed by atoms with Gasteiger partial charge in [0.15, 0.2) is 0 Å². The maximum atomic E-state index is 11.6. The standard InChI is InChI=1S/C33H44O5/c1-23(2)33(35)38-21-20-37-32-22-24(3)4-17-31(32)29-11-9-27(10-12-29)25-5-7-26(8-6-25)28-13-15-30(16-14-28)36-19-18-34/h4,13-17,22,25-27,29,34H,1,5-12,18-21H2,2-3H3. The van der Waals surface area contributed by atoms with E-state index in [-0.39, 0.29) is 19.2 Å². The normalized spacial score (nSPS) is 23.4. The Morgan fingerprint density at radius 1 is 0.842 bits per heavy atom. The van der Waals surface area contributed by atoms with Crippen molar-refractivity contribution in [2.75, 3.05) is 26.4 Å². The summed E-state index contributed by atoms with van der Waals surface area (Å²) in [6.07, 6.45) is 10.2. The molecule has 38 heavy (non-hydrogen) atoms. The van der Waals surface area contributed by atoms with Crippen molar-refractivity contribution < 1.29 is 24.1 Å². The van der Waals surface area contributed by atoms with E-state index in [0.29, 0.717) is 30.6 Å². The lowest BCUT2D eigenvalue weighted by Gasteiger charge is -2.38. The number of benzene rings is 2. The van der Waals surface area contributed by atoms with Gasteiger partial charge >= 0.3 is 5.97 Å². The van der Waals surface area contributed by atoms with E-state index >= 15 is 0 Å². The second-order valence-electron chi connectivity index (χ2n) is 11.2. The molecule has 0 aromatic heterocycles. The fourth-order valence-electron chi connectivity index (χ4n) is 6.34. The van der Waals surface area contributed by atoms with E-state index < -0.39 is 0 Å². The van der Waals surface area contributed by atoms with Gasteiger partial charge in [0.2, 0.25) is 0 Å². The minimum Gasteiger partial charge on any atom is -0.491 e. The summed E-state index contributed by atoms with van der Waals surface area (Å²) in [6, 6.07) is 15.0. The Hall–Kier alpha value is -2.79. The van der Waals surface area contributed by atoms with Gasteiger partial charge in [-0.1, -0.05) is 30.8 Å². The maximum absolute atomic E-state index is 11.6. The first kappa shape index (κ1) is 28.2. The van der Waals surface area contributed by atoms with Crippen LogP contribution in [0, 0.1) is 18.8 Å². The molecule has 5 nitrogen and oxygen atoms in total. The zero-order valence-corrected chi connectivity index (χ0v) is 23.1. The first-order valence-electron chi connectivity index (χ1n) is 14.3. The summed E-state index contributed by atoms with van der Waals surface area (Å²) in [5, 5.41) is 8.94. The van der Waals surface area contributed by atoms with Crippen molar-refractivity contribution in [3.63, 3.8) is 0 Å². The molecule has 4 rings (SSSR count). The molecule has 0 bridgehead atoms. The van der Waals surface area contributed by atoms with Crippen LogP contribution in [0.3, 0.4) is 0 Å². The van der Waals surface area contributed by atoms with Gasteiger partial charge in [0.1, 0.15) is 31.3 Å². The minimum atomic E-state index is -0.368. The molecule has 2 aliphatic rings. The molecule has 0 spiro atoms. The van der Waals surface area contributed by atoms with Crippen molar-refractivity contribution in [1.82, 2.24) is 0 Å². The lowest BCUT2D eigenvalue weighted by Crippen LogP contribution is -2.25. The van der Waals surface area contributed by atoms with Crippen molar-refractivity contribution in [2.45, 2.75) is 77.0 Å². The Balaban J connectivity index is 1.25. The topological polar surface area (TPSA) is 65.0 Å². The molecule has 0 aliphatic heterocycles. The van der Waals surface area contributed by atoms with Gasteiger partial charge in [0.25, 0.3) is 0 Å². The SMILES string of the molecule is C=C(C)C(=O)OCCOc1cc(C)ccc1C1CCC(C2CCC(c3ccc(OCCO)cc3)CC2)CC1. The molecule has 0 unspecified atom stereocenters. The zero-order valence-electron chi connectivity index (χ0n) is 23.1. The Bertz CT molecular complexity index is 1040. The highest BCUT2D eigenvalue weighted by Gasteiger charge is 2.32. The molecular formula is C33H44O5. The van der Waals surface area contributed by atoms with Crippen molar-refractivity contribution >= 4 is 5.97 Å². The number of hydrogen-bond acceptors (Lipinski definition) is 5. The van der Waals surface area contributed by atoms with Crippen LogP contribution in [0.15, 0.2) is 54.6 Å². The van der Waals surface area contributed by atoms with E-state index in [9.17, 15) is 4.79 Å². The number of carbonyl (C=O) groups is 1. The van der Waals surface area contributed by atoms with E-state index in [1.54, 1.807) is 6.92 Å². The number of rotatable bonds is 11. The molecule has 2 aromatic rings. The Kier molecular flexibility index (Phi) is 10.3. The molecular weight excluding hydrogens is 476 g/mol. The van der Waals surface area contributed by atoms with E-state index in [2.05, 4.69) is 43.8 Å². The van der Waals surface area contributed by atoms with E-state index in [1.807, 2.05) is 12.1 Å². The number of ether oxygens (including phenoxy) is 3. The van der Waals surface area contributed by atoms with Crippen molar-refractivity contribution in [3.8, 4) is 11.5 Å². The monoisotopic (exact) mass is 520 g/mol. The van der Waals surface area contributed by atoms with Crippen LogP contribution in [-0.4, -0.2) is 37.5 Å². The third kappa shape index (κ3) is 7.63. The van der Waals surface area contributed by atoms with E-state index in [4.69, 9.17) is 19.3 Å². The third-order valence-corrected chi connectivity index (χ3v) is 8.45. The van der Waals surface area contributed by atoms with Gasteiger partial charge in [-0.15, -0.1) is 0 Å². The Morgan fingerprint density at radius 2 is 1.47 bits per heavy atom. The van der Waals surface area contributed by atoms with Crippen LogP contribution in [0.5, 0.6) is 11.5 Å². The fraction of sp³-hybridized carbons (Fsp3) is 0.545.